The molecule has 0 saturated heterocycles. The number of benzene rings is 2. The second kappa shape index (κ2) is 7.23. The Balaban J connectivity index is 1.88. The van der Waals surface area contributed by atoms with Crippen LogP contribution in [0.25, 0.3) is 0 Å². The maximum Gasteiger partial charge on any atom is 0.220 e. The van der Waals surface area contributed by atoms with Gasteiger partial charge in [-0.1, -0.05) is 74.5 Å². The maximum absolute atomic E-state index is 12.2. The number of nitrogens with two attached hydrogens (primary N) is 1. The van der Waals surface area contributed by atoms with Gasteiger partial charge in [0.25, 0.3) is 0 Å². The molecule has 0 bridgehead atoms. The van der Waals surface area contributed by atoms with Crippen LogP contribution in [-0.4, -0.2) is 12.5 Å². The number of hydrogen-bond donors (Lipinski definition) is 2. The topological polar surface area (TPSA) is 55.1 Å². The van der Waals surface area contributed by atoms with E-state index in [-0.39, 0.29) is 17.4 Å². The maximum atomic E-state index is 12.2. The van der Waals surface area contributed by atoms with Gasteiger partial charge in [-0.3, -0.25) is 4.79 Å². The van der Waals surface area contributed by atoms with Crippen LogP contribution >= 0.6 is 0 Å². The molecule has 0 aliphatic carbocycles. The molecule has 0 aliphatic rings. The lowest BCUT2D eigenvalue weighted by molar-refractivity contribution is -0.122. The zero-order valence-electron chi connectivity index (χ0n) is 13.3. The number of carbonyl (C=O) groups excluding carboxylic acids is 1. The molecule has 1 unspecified atom stereocenters. The first-order valence-electron chi connectivity index (χ1n) is 7.62. The summed E-state index contributed by atoms with van der Waals surface area (Å²) in [6, 6.07) is 19.7. The van der Waals surface area contributed by atoms with Crippen molar-refractivity contribution in [3.8, 4) is 0 Å². The standard InChI is InChI=1S/C19H24N2O/c1-19(2,16-11-7-4-8-12-16)13-18(22)21-14-17(20)15-9-5-3-6-10-15/h3-12,17H,13-14,20H2,1-2H3,(H,21,22). The van der Waals surface area contributed by atoms with Gasteiger partial charge in [0.15, 0.2) is 0 Å². The van der Waals surface area contributed by atoms with Crippen LogP contribution in [0.3, 0.4) is 0 Å². The van der Waals surface area contributed by atoms with Crippen LogP contribution in [0.4, 0.5) is 0 Å². The summed E-state index contributed by atoms with van der Waals surface area (Å²) in [6.45, 7) is 4.62. The first-order valence-corrected chi connectivity index (χ1v) is 7.62. The smallest absolute Gasteiger partial charge is 0.220 e. The fourth-order valence-electron chi connectivity index (χ4n) is 2.50. The Kier molecular flexibility index (Phi) is 5.34. The molecular weight excluding hydrogens is 272 g/mol. The first kappa shape index (κ1) is 16.2. The van der Waals surface area contributed by atoms with Gasteiger partial charge in [0.05, 0.1) is 0 Å². The van der Waals surface area contributed by atoms with Gasteiger partial charge in [-0.2, -0.15) is 0 Å². The van der Waals surface area contributed by atoms with Crippen LogP contribution in [0, 0.1) is 0 Å². The van der Waals surface area contributed by atoms with Crippen LogP contribution in [0.5, 0.6) is 0 Å². The van der Waals surface area contributed by atoms with Gasteiger partial charge in [-0.15, -0.1) is 0 Å². The molecule has 2 aromatic rings. The highest BCUT2D eigenvalue weighted by Crippen LogP contribution is 2.26. The number of nitrogens with one attached hydrogen (secondary N) is 1. The normalized spacial score (nSPS) is 12.7. The molecule has 0 aromatic heterocycles. The summed E-state index contributed by atoms with van der Waals surface area (Å²) in [5.74, 6) is 0.0280. The fourth-order valence-corrected chi connectivity index (χ4v) is 2.50. The van der Waals surface area contributed by atoms with Crippen molar-refractivity contribution in [3.63, 3.8) is 0 Å². The molecular formula is C19H24N2O. The molecule has 1 atom stereocenters. The predicted octanol–water partition coefficient (Wildman–Crippen LogP) is 3.17. The van der Waals surface area contributed by atoms with Crippen LogP contribution in [-0.2, 0) is 10.2 Å². The van der Waals surface area contributed by atoms with Crippen LogP contribution in [0.1, 0.15) is 37.4 Å². The van der Waals surface area contributed by atoms with Crippen molar-refractivity contribution in [1.29, 1.82) is 0 Å². The Hall–Kier alpha value is -2.13. The number of carbonyl (C=O) groups is 1. The third-order valence-corrected chi connectivity index (χ3v) is 3.90. The largest absolute Gasteiger partial charge is 0.354 e. The molecule has 0 spiro atoms. The van der Waals surface area contributed by atoms with E-state index in [1.807, 2.05) is 48.5 Å². The van der Waals surface area contributed by atoms with Gasteiger partial charge < -0.3 is 11.1 Å². The summed E-state index contributed by atoms with van der Waals surface area (Å²) < 4.78 is 0. The summed E-state index contributed by atoms with van der Waals surface area (Å²) in [5, 5.41) is 2.94. The van der Waals surface area contributed by atoms with E-state index in [2.05, 4.69) is 31.3 Å². The molecule has 2 rings (SSSR count). The van der Waals surface area contributed by atoms with Gasteiger partial charge >= 0.3 is 0 Å². The van der Waals surface area contributed by atoms with Gasteiger partial charge in [-0.25, -0.2) is 0 Å². The minimum absolute atomic E-state index is 0.0280. The Morgan fingerprint density at radius 3 is 2.18 bits per heavy atom. The SMILES string of the molecule is CC(C)(CC(=O)NCC(N)c1ccccc1)c1ccccc1. The molecule has 0 fully saturated rings. The van der Waals surface area contributed by atoms with Gasteiger partial charge in [0.2, 0.25) is 5.91 Å². The lowest BCUT2D eigenvalue weighted by atomic mass is 9.81. The summed E-state index contributed by atoms with van der Waals surface area (Å²) >= 11 is 0. The molecule has 0 aliphatic heterocycles. The molecule has 1 amide bonds. The van der Waals surface area contributed by atoms with Crippen molar-refractivity contribution in [3.05, 3.63) is 71.8 Å². The van der Waals surface area contributed by atoms with E-state index in [9.17, 15) is 4.79 Å². The van der Waals surface area contributed by atoms with Crippen LogP contribution < -0.4 is 11.1 Å². The molecule has 0 saturated carbocycles. The molecule has 22 heavy (non-hydrogen) atoms. The van der Waals surface area contributed by atoms with Crippen molar-refractivity contribution in [2.24, 2.45) is 5.73 Å². The first-order chi connectivity index (χ1) is 10.5. The molecule has 116 valence electrons. The van der Waals surface area contributed by atoms with Gasteiger partial charge in [0, 0.05) is 19.0 Å². The summed E-state index contributed by atoms with van der Waals surface area (Å²) in [6.07, 6.45) is 0.443. The average molecular weight is 296 g/mol. The van der Waals surface area contributed by atoms with Crippen LogP contribution in [0.2, 0.25) is 0 Å². The Labute approximate surface area is 132 Å². The zero-order chi connectivity index (χ0) is 16.0. The average Bonchev–Trinajstić information content (AvgIpc) is 2.54. The van der Waals surface area contributed by atoms with E-state index in [1.165, 1.54) is 0 Å². The van der Waals surface area contributed by atoms with Gasteiger partial charge in [-0.05, 0) is 16.5 Å². The van der Waals surface area contributed by atoms with Crippen molar-refractivity contribution >= 4 is 5.91 Å². The van der Waals surface area contributed by atoms with Crippen LogP contribution in [0.15, 0.2) is 60.7 Å². The van der Waals surface area contributed by atoms with E-state index in [1.54, 1.807) is 0 Å². The van der Waals surface area contributed by atoms with Gasteiger partial charge in [0.1, 0.15) is 0 Å². The minimum atomic E-state index is -0.192. The highest BCUT2D eigenvalue weighted by atomic mass is 16.1. The van der Waals surface area contributed by atoms with E-state index < -0.39 is 0 Å². The highest BCUT2D eigenvalue weighted by molar-refractivity contribution is 5.77. The third-order valence-electron chi connectivity index (χ3n) is 3.90. The van der Waals surface area contributed by atoms with Crippen molar-refractivity contribution in [2.45, 2.75) is 31.7 Å². The molecule has 2 aromatic carbocycles. The quantitative estimate of drug-likeness (QED) is 0.860. The van der Waals surface area contributed by atoms with E-state index >= 15 is 0 Å². The monoisotopic (exact) mass is 296 g/mol. The Morgan fingerprint density at radius 1 is 1.05 bits per heavy atom. The van der Waals surface area contributed by atoms with Crippen molar-refractivity contribution in [2.75, 3.05) is 6.54 Å². The lowest BCUT2D eigenvalue weighted by Crippen LogP contribution is -2.35. The lowest BCUT2D eigenvalue weighted by Gasteiger charge is -2.25. The van der Waals surface area contributed by atoms with Crippen molar-refractivity contribution < 1.29 is 4.79 Å². The molecule has 3 N–H and O–H groups in total. The summed E-state index contributed by atoms with van der Waals surface area (Å²) in [7, 11) is 0. The predicted molar refractivity (Wildman–Crippen MR) is 90.5 cm³/mol. The minimum Gasteiger partial charge on any atom is -0.354 e. The number of rotatable bonds is 6. The zero-order valence-corrected chi connectivity index (χ0v) is 13.3. The van der Waals surface area contributed by atoms with E-state index in [0.29, 0.717) is 13.0 Å². The fraction of sp³-hybridized carbons (Fsp3) is 0.316. The van der Waals surface area contributed by atoms with E-state index in [4.69, 9.17) is 5.73 Å². The molecule has 3 nitrogen and oxygen atoms in total. The third kappa shape index (κ3) is 4.43. The number of hydrogen-bond acceptors (Lipinski definition) is 2. The Morgan fingerprint density at radius 2 is 1.59 bits per heavy atom. The Bertz CT molecular complexity index is 593. The number of amides is 1. The second-order valence-electron chi connectivity index (χ2n) is 6.25. The molecule has 3 heteroatoms. The van der Waals surface area contributed by atoms with E-state index in [0.717, 1.165) is 11.1 Å². The summed E-state index contributed by atoms with van der Waals surface area (Å²) in [4.78, 5) is 12.2. The molecule has 0 heterocycles. The highest BCUT2D eigenvalue weighted by Gasteiger charge is 2.24. The summed E-state index contributed by atoms with van der Waals surface area (Å²) in [5.41, 5.74) is 8.11. The van der Waals surface area contributed by atoms with Crippen molar-refractivity contribution in [1.82, 2.24) is 5.32 Å². The second-order valence-corrected chi connectivity index (χ2v) is 6.25. The molecule has 0 radical (unpaired) electrons.